The molecule has 1 amide bonds. The summed E-state index contributed by atoms with van der Waals surface area (Å²) in [5.41, 5.74) is 5.73. The van der Waals surface area contributed by atoms with Crippen LogP contribution in [0.25, 0.3) is 0 Å². The molecule has 1 aliphatic rings. The number of carbonyl (C=O) groups excluding carboxylic acids is 1. The van der Waals surface area contributed by atoms with Crippen LogP contribution in [0.3, 0.4) is 0 Å². The van der Waals surface area contributed by atoms with Crippen molar-refractivity contribution in [2.24, 2.45) is 11.1 Å². The van der Waals surface area contributed by atoms with Crippen LogP contribution in [0.5, 0.6) is 0 Å². The van der Waals surface area contributed by atoms with Crippen LogP contribution in [0.1, 0.15) is 33.6 Å². The van der Waals surface area contributed by atoms with Gasteiger partial charge in [-0.3, -0.25) is 4.79 Å². The van der Waals surface area contributed by atoms with Gasteiger partial charge in [-0.05, 0) is 24.0 Å². The van der Waals surface area contributed by atoms with E-state index in [0.29, 0.717) is 6.04 Å². The molecule has 0 aromatic rings. The standard InChI is InChI=1S/C11H22N2OS/c1-11(2,3)9(12)10(14)13-8-5-4-6-15-7-8/h8-9H,4-7,12H2,1-3H3,(H,13,14)/t8?,9-/m1/s1. The Morgan fingerprint density at radius 1 is 1.53 bits per heavy atom. The highest BCUT2D eigenvalue weighted by Crippen LogP contribution is 2.20. The lowest BCUT2D eigenvalue weighted by atomic mass is 9.87. The molecular formula is C11H22N2OS. The van der Waals surface area contributed by atoms with Crippen LogP contribution >= 0.6 is 11.8 Å². The molecule has 0 spiro atoms. The third kappa shape index (κ3) is 4.03. The molecule has 0 radical (unpaired) electrons. The average Bonchev–Trinajstić information content (AvgIpc) is 2.16. The summed E-state index contributed by atoms with van der Waals surface area (Å²) in [6, 6.07) is -0.0888. The van der Waals surface area contributed by atoms with E-state index in [0.717, 1.165) is 12.2 Å². The van der Waals surface area contributed by atoms with E-state index in [-0.39, 0.29) is 11.3 Å². The van der Waals surface area contributed by atoms with Crippen LogP contribution in [-0.4, -0.2) is 29.5 Å². The number of hydrogen-bond donors (Lipinski definition) is 2. The molecule has 1 saturated heterocycles. The Bertz CT molecular complexity index is 219. The van der Waals surface area contributed by atoms with Gasteiger partial charge in [-0.25, -0.2) is 0 Å². The second kappa shape index (κ2) is 5.21. The molecule has 1 heterocycles. The molecule has 88 valence electrons. The van der Waals surface area contributed by atoms with Crippen molar-refractivity contribution < 1.29 is 4.79 Å². The van der Waals surface area contributed by atoms with Crippen molar-refractivity contribution >= 4 is 17.7 Å². The van der Waals surface area contributed by atoms with Crippen molar-refractivity contribution in [2.75, 3.05) is 11.5 Å². The number of nitrogens with one attached hydrogen (secondary N) is 1. The van der Waals surface area contributed by atoms with Crippen molar-refractivity contribution in [3.63, 3.8) is 0 Å². The van der Waals surface area contributed by atoms with Gasteiger partial charge < -0.3 is 11.1 Å². The average molecular weight is 230 g/mol. The van der Waals surface area contributed by atoms with E-state index >= 15 is 0 Å². The summed E-state index contributed by atoms with van der Waals surface area (Å²) in [5, 5.41) is 3.04. The SMILES string of the molecule is CC(C)(C)[C@H](N)C(=O)NC1CCCSC1. The molecule has 3 N–H and O–H groups in total. The van der Waals surface area contributed by atoms with Crippen LogP contribution in [0.4, 0.5) is 0 Å². The molecule has 0 bridgehead atoms. The second-order valence-electron chi connectivity index (χ2n) is 5.27. The Kier molecular flexibility index (Phi) is 4.46. The largest absolute Gasteiger partial charge is 0.351 e. The summed E-state index contributed by atoms with van der Waals surface area (Å²) in [6.45, 7) is 5.98. The van der Waals surface area contributed by atoms with Crippen molar-refractivity contribution in [3.05, 3.63) is 0 Å². The molecule has 0 saturated carbocycles. The van der Waals surface area contributed by atoms with E-state index in [1.54, 1.807) is 0 Å². The molecule has 1 rings (SSSR count). The zero-order valence-corrected chi connectivity index (χ0v) is 10.7. The van der Waals surface area contributed by atoms with E-state index < -0.39 is 6.04 Å². The molecule has 1 unspecified atom stereocenters. The van der Waals surface area contributed by atoms with E-state index in [2.05, 4.69) is 5.32 Å². The summed E-state index contributed by atoms with van der Waals surface area (Å²) in [6.07, 6.45) is 2.29. The van der Waals surface area contributed by atoms with Gasteiger partial charge in [0.05, 0.1) is 6.04 Å². The summed E-state index contributed by atoms with van der Waals surface area (Å²) in [4.78, 5) is 11.8. The molecular weight excluding hydrogens is 208 g/mol. The number of carbonyl (C=O) groups is 1. The van der Waals surface area contributed by atoms with E-state index in [1.807, 2.05) is 32.5 Å². The second-order valence-corrected chi connectivity index (χ2v) is 6.42. The van der Waals surface area contributed by atoms with Crippen molar-refractivity contribution in [3.8, 4) is 0 Å². The molecule has 0 aromatic carbocycles. The minimum Gasteiger partial charge on any atom is -0.351 e. The van der Waals surface area contributed by atoms with Crippen LogP contribution in [0.15, 0.2) is 0 Å². The summed E-state index contributed by atoms with van der Waals surface area (Å²) >= 11 is 1.91. The van der Waals surface area contributed by atoms with Gasteiger partial charge in [0.25, 0.3) is 0 Å². The van der Waals surface area contributed by atoms with Crippen molar-refractivity contribution in [2.45, 2.75) is 45.7 Å². The smallest absolute Gasteiger partial charge is 0.237 e. The lowest BCUT2D eigenvalue weighted by molar-refractivity contribution is -0.125. The van der Waals surface area contributed by atoms with Crippen LogP contribution in [-0.2, 0) is 4.79 Å². The molecule has 0 aliphatic carbocycles. The Labute approximate surface area is 96.6 Å². The van der Waals surface area contributed by atoms with Gasteiger partial charge in [0, 0.05) is 11.8 Å². The van der Waals surface area contributed by atoms with E-state index in [1.165, 1.54) is 12.2 Å². The maximum absolute atomic E-state index is 11.8. The Balaban J connectivity index is 2.40. The molecule has 1 fully saturated rings. The van der Waals surface area contributed by atoms with Crippen LogP contribution in [0, 0.1) is 5.41 Å². The predicted octanol–water partition coefficient (Wildman–Crippen LogP) is 1.37. The first-order chi connectivity index (χ1) is 6.91. The number of thioether (sulfide) groups is 1. The van der Waals surface area contributed by atoms with Gasteiger partial charge >= 0.3 is 0 Å². The monoisotopic (exact) mass is 230 g/mol. The first-order valence-corrected chi connectivity index (χ1v) is 6.70. The quantitative estimate of drug-likeness (QED) is 0.753. The molecule has 15 heavy (non-hydrogen) atoms. The van der Waals surface area contributed by atoms with Crippen LogP contribution < -0.4 is 11.1 Å². The molecule has 0 aromatic heterocycles. The van der Waals surface area contributed by atoms with Gasteiger partial charge in [-0.2, -0.15) is 11.8 Å². The lowest BCUT2D eigenvalue weighted by Crippen LogP contribution is -2.52. The Morgan fingerprint density at radius 2 is 2.20 bits per heavy atom. The maximum atomic E-state index is 11.8. The summed E-state index contributed by atoms with van der Waals surface area (Å²) in [5.74, 6) is 2.25. The predicted molar refractivity (Wildman–Crippen MR) is 65.9 cm³/mol. The topological polar surface area (TPSA) is 55.1 Å². The minimum atomic E-state index is -0.413. The molecule has 4 heteroatoms. The summed E-state index contributed by atoms with van der Waals surface area (Å²) < 4.78 is 0. The Morgan fingerprint density at radius 3 is 2.67 bits per heavy atom. The molecule has 3 nitrogen and oxygen atoms in total. The normalized spacial score (nSPS) is 24.7. The fraction of sp³-hybridized carbons (Fsp3) is 0.909. The third-order valence-corrected chi connectivity index (χ3v) is 3.94. The summed E-state index contributed by atoms with van der Waals surface area (Å²) in [7, 11) is 0. The number of amides is 1. The fourth-order valence-electron chi connectivity index (χ4n) is 1.54. The molecule has 1 aliphatic heterocycles. The number of hydrogen-bond acceptors (Lipinski definition) is 3. The Hall–Kier alpha value is -0.220. The minimum absolute atomic E-state index is 0.00463. The van der Waals surface area contributed by atoms with Gasteiger partial charge in [0.1, 0.15) is 0 Å². The molecule has 2 atom stereocenters. The zero-order valence-electron chi connectivity index (χ0n) is 9.88. The first-order valence-electron chi connectivity index (χ1n) is 5.55. The highest BCUT2D eigenvalue weighted by molar-refractivity contribution is 7.99. The van der Waals surface area contributed by atoms with E-state index in [9.17, 15) is 4.79 Å². The number of rotatable bonds is 2. The van der Waals surface area contributed by atoms with Gasteiger partial charge in [0.15, 0.2) is 0 Å². The fourth-order valence-corrected chi connectivity index (χ4v) is 2.61. The third-order valence-electron chi connectivity index (χ3n) is 2.72. The van der Waals surface area contributed by atoms with Gasteiger partial charge in [0.2, 0.25) is 5.91 Å². The van der Waals surface area contributed by atoms with Gasteiger partial charge in [-0.1, -0.05) is 20.8 Å². The first kappa shape index (κ1) is 12.8. The van der Waals surface area contributed by atoms with Crippen molar-refractivity contribution in [1.29, 1.82) is 0 Å². The highest BCUT2D eigenvalue weighted by Gasteiger charge is 2.29. The van der Waals surface area contributed by atoms with Gasteiger partial charge in [-0.15, -0.1) is 0 Å². The maximum Gasteiger partial charge on any atom is 0.237 e. The highest BCUT2D eigenvalue weighted by atomic mass is 32.2. The lowest BCUT2D eigenvalue weighted by Gasteiger charge is -2.29. The zero-order chi connectivity index (χ0) is 11.5. The van der Waals surface area contributed by atoms with Crippen molar-refractivity contribution in [1.82, 2.24) is 5.32 Å². The number of nitrogens with two attached hydrogens (primary N) is 1. The van der Waals surface area contributed by atoms with E-state index in [4.69, 9.17) is 5.73 Å². The van der Waals surface area contributed by atoms with Crippen LogP contribution in [0.2, 0.25) is 0 Å².